The molecule has 1 amide bonds. The highest BCUT2D eigenvalue weighted by Crippen LogP contribution is 2.25. The zero-order chi connectivity index (χ0) is 17.0. The Kier molecular flexibility index (Phi) is 5.61. The van der Waals surface area contributed by atoms with E-state index >= 15 is 0 Å². The maximum atomic E-state index is 13.0. The average Bonchev–Trinajstić information content (AvgIpc) is 2.54. The first-order valence-corrected chi connectivity index (χ1v) is 7.66. The van der Waals surface area contributed by atoms with Gasteiger partial charge in [0.2, 0.25) is 0 Å². The summed E-state index contributed by atoms with van der Waals surface area (Å²) in [7, 11) is 1.69. The molecule has 0 saturated carbocycles. The van der Waals surface area contributed by atoms with Crippen LogP contribution >= 0.6 is 11.6 Å². The fourth-order valence-corrected chi connectivity index (χ4v) is 2.32. The molecule has 0 aliphatic heterocycles. The largest absolute Gasteiger partial charge is 0.482 e. The second kappa shape index (κ2) is 7.47. The van der Waals surface area contributed by atoms with E-state index < -0.39 is 0 Å². The Morgan fingerprint density at radius 2 is 1.91 bits per heavy atom. The van der Waals surface area contributed by atoms with E-state index in [-0.39, 0.29) is 24.4 Å². The van der Waals surface area contributed by atoms with E-state index in [1.807, 2.05) is 19.9 Å². The predicted octanol–water partition coefficient (Wildman–Crippen LogP) is 4.39. The summed E-state index contributed by atoms with van der Waals surface area (Å²) in [6.45, 7) is 3.70. The van der Waals surface area contributed by atoms with Crippen molar-refractivity contribution in [2.24, 2.45) is 0 Å². The molecule has 0 heterocycles. The van der Waals surface area contributed by atoms with Crippen LogP contribution in [-0.2, 0) is 4.79 Å². The van der Waals surface area contributed by atoms with Crippen LogP contribution in [0.5, 0.6) is 5.75 Å². The predicted molar refractivity (Wildman–Crippen MR) is 89.3 cm³/mol. The summed E-state index contributed by atoms with van der Waals surface area (Å²) >= 11 is 6.05. The molecule has 0 aromatic heterocycles. The van der Waals surface area contributed by atoms with Gasteiger partial charge < -0.3 is 9.64 Å². The minimum absolute atomic E-state index is 0.106. The Balaban J connectivity index is 1.99. The van der Waals surface area contributed by atoms with Crippen LogP contribution < -0.4 is 4.74 Å². The Morgan fingerprint density at radius 1 is 1.26 bits per heavy atom. The van der Waals surface area contributed by atoms with E-state index in [9.17, 15) is 9.18 Å². The Labute approximate surface area is 140 Å². The Bertz CT molecular complexity index is 688. The van der Waals surface area contributed by atoms with Crippen molar-refractivity contribution < 1.29 is 13.9 Å². The lowest BCUT2D eigenvalue weighted by Gasteiger charge is -2.25. The third-order valence-electron chi connectivity index (χ3n) is 3.76. The van der Waals surface area contributed by atoms with E-state index in [0.717, 1.165) is 11.1 Å². The van der Waals surface area contributed by atoms with Crippen LogP contribution in [0.15, 0.2) is 42.5 Å². The molecule has 0 fully saturated rings. The average molecular weight is 336 g/mol. The second-order valence-electron chi connectivity index (χ2n) is 5.45. The summed E-state index contributed by atoms with van der Waals surface area (Å²) in [6.07, 6.45) is 0. The third kappa shape index (κ3) is 4.45. The summed E-state index contributed by atoms with van der Waals surface area (Å²) < 4.78 is 18.5. The zero-order valence-electron chi connectivity index (χ0n) is 13.3. The smallest absolute Gasteiger partial charge is 0.260 e. The fourth-order valence-electron chi connectivity index (χ4n) is 2.14. The van der Waals surface area contributed by atoms with E-state index in [0.29, 0.717) is 10.8 Å². The van der Waals surface area contributed by atoms with Crippen molar-refractivity contribution in [3.05, 3.63) is 64.4 Å². The minimum atomic E-state index is -0.299. The molecule has 0 bridgehead atoms. The van der Waals surface area contributed by atoms with Crippen LogP contribution in [0.25, 0.3) is 0 Å². The van der Waals surface area contributed by atoms with Gasteiger partial charge >= 0.3 is 0 Å². The monoisotopic (exact) mass is 335 g/mol. The van der Waals surface area contributed by atoms with Crippen molar-refractivity contribution in [1.82, 2.24) is 4.90 Å². The first-order chi connectivity index (χ1) is 10.9. The highest BCUT2D eigenvalue weighted by molar-refractivity contribution is 6.32. The molecule has 23 heavy (non-hydrogen) atoms. The lowest BCUT2D eigenvalue weighted by Crippen LogP contribution is -2.33. The molecule has 1 unspecified atom stereocenters. The summed E-state index contributed by atoms with van der Waals surface area (Å²) in [5, 5.41) is 0.470. The molecule has 2 rings (SSSR count). The zero-order valence-corrected chi connectivity index (χ0v) is 14.1. The van der Waals surface area contributed by atoms with Gasteiger partial charge in [-0.3, -0.25) is 4.79 Å². The Morgan fingerprint density at radius 3 is 2.57 bits per heavy atom. The molecule has 0 aliphatic rings. The first-order valence-electron chi connectivity index (χ1n) is 7.28. The van der Waals surface area contributed by atoms with Gasteiger partial charge in [0.15, 0.2) is 6.61 Å². The third-order valence-corrected chi connectivity index (χ3v) is 4.08. The molecule has 1 atom stereocenters. The summed E-state index contributed by atoms with van der Waals surface area (Å²) in [6, 6.07) is 11.3. The topological polar surface area (TPSA) is 29.5 Å². The lowest BCUT2D eigenvalue weighted by molar-refractivity contribution is -0.134. The number of hydrogen-bond acceptors (Lipinski definition) is 2. The first kappa shape index (κ1) is 17.3. The molecule has 5 heteroatoms. The lowest BCUT2D eigenvalue weighted by atomic mass is 10.1. The molecule has 0 saturated heterocycles. The van der Waals surface area contributed by atoms with Gasteiger partial charge in [0, 0.05) is 7.05 Å². The maximum absolute atomic E-state index is 13.0. The Hall–Kier alpha value is -2.07. The van der Waals surface area contributed by atoms with Crippen LogP contribution in [0.3, 0.4) is 0 Å². The van der Waals surface area contributed by atoms with Gasteiger partial charge in [-0.25, -0.2) is 4.39 Å². The molecule has 3 nitrogen and oxygen atoms in total. The number of halogens is 2. The second-order valence-corrected chi connectivity index (χ2v) is 5.86. The van der Waals surface area contributed by atoms with E-state index in [1.54, 1.807) is 36.2 Å². The molecule has 0 radical (unpaired) electrons. The number of nitrogens with zero attached hydrogens (tertiary/aromatic N) is 1. The number of carbonyl (C=O) groups is 1. The number of hydrogen-bond donors (Lipinski definition) is 0. The molecule has 122 valence electrons. The number of amides is 1. The van der Waals surface area contributed by atoms with Crippen molar-refractivity contribution in [1.29, 1.82) is 0 Å². The van der Waals surface area contributed by atoms with Crippen molar-refractivity contribution in [2.75, 3.05) is 13.7 Å². The van der Waals surface area contributed by atoms with Crippen LogP contribution in [-0.4, -0.2) is 24.5 Å². The van der Waals surface area contributed by atoms with Gasteiger partial charge in [0.05, 0.1) is 11.1 Å². The van der Waals surface area contributed by atoms with Gasteiger partial charge in [0.1, 0.15) is 11.6 Å². The summed E-state index contributed by atoms with van der Waals surface area (Å²) in [5.74, 6) is 0.00889. The van der Waals surface area contributed by atoms with Gasteiger partial charge in [0.25, 0.3) is 5.91 Å². The number of ether oxygens (including phenoxy) is 1. The van der Waals surface area contributed by atoms with Crippen molar-refractivity contribution in [3.8, 4) is 5.75 Å². The molecule has 2 aromatic carbocycles. The van der Waals surface area contributed by atoms with Crippen LogP contribution in [0, 0.1) is 12.7 Å². The molecule has 0 spiro atoms. The standard InChI is InChI=1S/C18H19ClFNO2/c1-12-4-9-16(19)17(10-12)23-11-18(22)21(3)13(2)14-5-7-15(20)8-6-14/h4-10,13H,11H2,1-3H3. The molecule has 0 N–H and O–H groups in total. The minimum Gasteiger partial charge on any atom is -0.482 e. The molecular weight excluding hydrogens is 317 g/mol. The van der Waals surface area contributed by atoms with Gasteiger partial charge in [-0.1, -0.05) is 29.8 Å². The van der Waals surface area contributed by atoms with E-state index in [4.69, 9.17) is 16.3 Å². The molecular formula is C18H19ClFNO2. The quantitative estimate of drug-likeness (QED) is 0.811. The fraction of sp³-hybridized carbons (Fsp3) is 0.278. The van der Waals surface area contributed by atoms with Crippen molar-refractivity contribution in [3.63, 3.8) is 0 Å². The van der Waals surface area contributed by atoms with E-state index in [1.165, 1.54) is 12.1 Å². The number of rotatable bonds is 5. The maximum Gasteiger partial charge on any atom is 0.260 e. The van der Waals surface area contributed by atoms with Gasteiger partial charge in [-0.05, 0) is 49.2 Å². The van der Waals surface area contributed by atoms with Crippen LogP contribution in [0.4, 0.5) is 4.39 Å². The number of benzene rings is 2. The highest BCUT2D eigenvalue weighted by atomic mass is 35.5. The van der Waals surface area contributed by atoms with Crippen molar-refractivity contribution >= 4 is 17.5 Å². The summed E-state index contributed by atoms with van der Waals surface area (Å²) in [5.41, 5.74) is 1.86. The number of carbonyl (C=O) groups excluding carboxylic acids is 1. The summed E-state index contributed by atoms with van der Waals surface area (Å²) in [4.78, 5) is 13.8. The molecule has 2 aromatic rings. The number of likely N-dealkylation sites (N-methyl/N-ethyl adjacent to an activating group) is 1. The van der Waals surface area contributed by atoms with E-state index in [2.05, 4.69) is 0 Å². The number of aryl methyl sites for hydroxylation is 1. The highest BCUT2D eigenvalue weighted by Gasteiger charge is 2.18. The van der Waals surface area contributed by atoms with Crippen LogP contribution in [0.1, 0.15) is 24.1 Å². The normalized spacial score (nSPS) is 11.9. The SMILES string of the molecule is Cc1ccc(Cl)c(OCC(=O)N(C)C(C)c2ccc(F)cc2)c1. The van der Waals surface area contributed by atoms with Crippen LogP contribution in [0.2, 0.25) is 5.02 Å². The molecule has 0 aliphatic carbocycles. The van der Waals surface area contributed by atoms with Gasteiger partial charge in [-0.2, -0.15) is 0 Å². The van der Waals surface area contributed by atoms with Gasteiger partial charge in [-0.15, -0.1) is 0 Å². The van der Waals surface area contributed by atoms with Crippen molar-refractivity contribution in [2.45, 2.75) is 19.9 Å².